The lowest BCUT2D eigenvalue weighted by atomic mass is 9.79. The van der Waals surface area contributed by atoms with E-state index in [4.69, 9.17) is 10.2 Å². The van der Waals surface area contributed by atoms with Gasteiger partial charge < -0.3 is 20.4 Å². The topological polar surface area (TPSA) is 115 Å². The van der Waals surface area contributed by atoms with Gasteiger partial charge in [0.25, 0.3) is 0 Å². The highest BCUT2D eigenvalue weighted by Gasteiger charge is 2.27. The Balaban J connectivity index is 0. The molecule has 3 saturated carbocycles. The quantitative estimate of drug-likeness (QED) is 0.218. The third kappa shape index (κ3) is 37.4. The highest BCUT2D eigenvalue weighted by atomic mass is 16.4. The van der Waals surface area contributed by atoms with Crippen LogP contribution in [0.1, 0.15) is 219 Å². The van der Waals surface area contributed by atoms with Crippen LogP contribution in [0.2, 0.25) is 0 Å². The van der Waals surface area contributed by atoms with Crippen molar-refractivity contribution in [1.82, 2.24) is 0 Å². The van der Waals surface area contributed by atoms with E-state index in [-0.39, 0.29) is 29.8 Å². The molecule has 4 N–H and O–H groups in total. The summed E-state index contributed by atoms with van der Waals surface area (Å²) >= 11 is 0. The van der Waals surface area contributed by atoms with Crippen molar-refractivity contribution in [2.75, 3.05) is 13.2 Å². The minimum Gasteiger partial charge on any atom is -0.478 e. The van der Waals surface area contributed by atoms with Gasteiger partial charge >= 0.3 is 11.9 Å². The standard InChI is InChI=1S/C13H26O2.2C11H22.2C4H6O2/c14-11-13(12-15)9-7-5-3-1-2-4-6-8-10-13;2*1-2-4-6-8-10-11-9-7-5-3-1;2*1-3(2)4(5)6/h14-15H,1-12H2;2*1-11H2;2*1H2,2H3,(H,5,6). The summed E-state index contributed by atoms with van der Waals surface area (Å²) in [5.41, 5.74) is 0.176. The van der Waals surface area contributed by atoms with Gasteiger partial charge in [-0.3, -0.25) is 0 Å². The van der Waals surface area contributed by atoms with Crippen LogP contribution in [0.25, 0.3) is 0 Å². The Morgan fingerprint density at radius 2 is 0.510 bits per heavy atom. The lowest BCUT2D eigenvalue weighted by Gasteiger charge is -2.29. The van der Waals surface area contributed by atoms with Gasteiger partial charge in [0.1, 0.15) is 0 Å². The summed E-state index contributed by atoms with van der Waals surface area (Å²) in [4.78, 5) is 19.2. The number of carboxylic acids is 2. The van der Waals surface area contributed by atoms with Gasteiger partial charge in [0.15, 0.2) is 0 Å². The molecule has 0 aromatic rings. The largest absolute Gasteiger partial charge is 0.478 e. The van der Waals surface area contributed by atoms with Gasteiger partial charge in [-0.15, -0.1) is 0 Å². The van der Waals surface area contributed by atoms with Gasteiger partial charge in [0.2, 0.25) is 0 Å². The third-order valence-corrected chi connectivity index (χ3v) is 10.1. The van der Waals surface area contributed by atoms with Crippen molar-refractivity contribution >= 4 is 11.9 Å². The number of hydrogen-bond acceptors (Lipinski definition) is 4. The first kappa shape index (κ1) is 49.5. The summed E-state index contributed by atoms with van der Waals surface area (Å²) in [6.07, 6.45) is 45.3. The maximum absolute atomic E-state index is 9.60. The Kier molecular flexibility index (Phi) is 37.9. The molecule has 49 heavy (non-hydrogen) atoms. The Morgan fingerprint density at radius 3 is 0.612 bits per heavy atom. The summed E-state index contributed by atoms with van der Waals surface area (Å²) in [5.74, 6) is -1.87. The first-order valence-electron chi connectivity index (χ1n) is 20.6. The molecule has 0 saturated heterocycles. The average molecular weight is 695 g/mol. The molecule has 0 atom stereocenters. The zero-order valence-corrected chi connectivity index (χ0v) is 32.6. The van der Waals surface area contributed by atoms with E-state index in [2.05, 4.69) is 13.2 Å². The van der Waals surface area contributed by atoms with Crippen molar-refractivity contribution in [3.8, 4) is 0 Å². The molecule has 6 heteroatoms. The molecule has 0 bridgehead atoms. The Bertz CT molecular complexity index is 612. The van der Waals surface area contributed by atoms with Crippen LogP contribution in [0.15, 0.2) is 24.3 Å². The zero-order chi connectivity index (χ0) is 36.9. The fraction of sp³-hybridized carbons (Fsp3) is 0.860. The van der Waals surface area contributed by atoms with E-state index in [9.17, 15) is 19.8 Å². The molecule has 0 unspecified atom stereocenters. The fourth-order valence-electron chi connectivity index (χ4n) is 6.44. The maximum Gasteiger partial charge on any atom is 0.330 e. The number of aliphatic hydroxyl groups excluding tert-OH is 2. The maximum atomic E-state index is 9.60. The lowest BCUT2D eigenvalue weighted by Crippen LogP contribution is -2.29. The second-order valence-electron chi connectivity index (χ2n) is 15.1. The average Bonchev–Trinajstić information content (AvgIpc) is 3.25. The predicted octanol–water partition coefficient (Wildman–Crippen LogP) is 12.7. The van der Waals surface area contributed by atoms with Crippen LogP contribution >= 0.6 is 0 Å². The number of aliphatic hydroxyl groups is 2. The molecule has 3 rings (SSSR count). The summed E-state index contributed by atoms with van der Waals surface area (Å²) < 4.78 is 0. The minimum absolute atomic E-state index is 0.156. The molecule has 290 valence electrons. The van der Waals surface area contributed by atoms with E-state index < -0.39 is 11.9 Å². The number of hydrogen-bond donors (Lipinski definition) is 4. The molecule has 6 nitrogen and oxygen atoms in total. The summed E-state index contributed by atoms with van der Waals surface area (Å²) in [5, 5.41) is 34.6. The van der Waals surface area contributed by atoms with E-state index in [1.54, 1.807) is 0 Å². The molecule has 0 heterocycles. The van der Waals surface area contributed by atoms with Gasteiger partial charge in [0.05, 0.1) is 13.2 Å². The van der Waals surface area contributed by atoms with Crippen LogP contribution < -0.4 is 0 Å². The smallest absolute Gasteiger partial charge is 0.330 e. The number of carboxylic acid groups (broad SMARTS) is 2. The normalized spacial score (nSPS) is 20.1. The van der Waals surface area contributed by atoms with Gasteiger partial charge in [-0.1, -0.05) is 206 Å². The van der Waals surface area contributed by atoms with Crippen LogP contribution in [0.4, 0.5) is 0 Å². The molecule has 0 aliphatic heterocycles. The van der Waals surface area contributed by atoms with Crippen molar-refractivity contribution in [2.45, 2.75) is 219 Å². The van der Waals surface area contributed by atoms with Crippen molar-refractivity contribution in [3.63, 3.8) is 0 Å². The molecular formula is C43H82O6. The lowest BCUT2D eigenvalue weighted by molar-refractivity contribution is -0.133. The Labute approximate surface area is 303 Å². The van der Waals surface area contributed by atoms with Crippen LogP contribution in [0, 0.1) is 5.41 Å². The zero-order valence-electron chi connectivity index (χ0n) is 32.6. The molecule has 0 radical (unpaired) electrons. The molecule has 0 spiro atoms. The molecular weight excluding hydrogens is 612 g/mol. The van der Waals surface area contributed by atoms with E-state index in [1.165, 1.54) is 206 Å². The molecule has 3 aliphatic carbocycles. The Hall–Kier alpha value is -1.66. The molecule has 0 amide bonds. The van der Waals surface area contributed by atoms with Crippen molar-refractivity contribution in [3.05, 3.63) is 24.3 Å². The highest BCUT2D eigenvalue weighted by Crippen LogP contribution is 2.32. The van der Waals surface area contributed by atoms with Crippen molar-refractivity contribution in [1.29, 1.82) is 0 Å². The van der Waals surface area contributed by atoms with Gasteiger partial charge in [-0.25, -0.2) is 9.59 Å². The van der Waals surface area contributed by atoms with Crippen molar-refractivity contribution in [2.24, 2.45) is 5.41 Å². The predicted molar refractivity (Wildman–Crippen MR) is 209 cm³/mol. The summed E-state index contributed by atoms with van der Waals surface area (Å²) in [6.45, 7) is 9.52. The molecule has 0 aromatic heterocycles. The number of carbonyl (C=O) groups is 2. The molecule has 3 aliphatic rings. The second-order valence-corrected chi connectivity index (χ2v) is 15.1. The fourth-order valence-corrected chi connectivity index (χ4v) is 6.44. The van der Waals surface area contributed by atoms with Gasteiger partial charge in [-0.05, 0) is 26.7 Å². The second kappa shape index (κ2) is 37.6. The monoisotopic (exact) mass is 695 g/mol. The molecule has 3 fully saturated rings. The van der Waals surface area contributed by atoms with E-state index in [0.717, 1.165) is 12.8 Å². The minimum atomic E-state index is -0.935. The Morgan fingerprint density at radius 1 is 0.388 bits per heavy atom. The first-order valence-corrected chi connectivity index (χ1v) is 20.6. The van der Waals surface area contributed by atoms with Crippen LogP contribution in [-0.4, -0.2) is 45.6 Å². The van der Waals surface area contributed by atoms with E-state index in [1.807, 2.05) is 0 Å². The van der Waals surface area contributed by atoms with Crippen LogP contribution in [0.3, 0.4) is 0 Å². The van der Waals surface area contributed by atoms with E-state index in [0.29, 0.717) is 0 Å². The highest BCUT2D eigenvalue weighted by molar-refractivity contribution is 5.85. The van der Waals surface area contributed by atoms with Crippen LogP contribution in [0.5, 0.6) is 0 Å². The number of aliphatic carboxylic acids is 2. The van der Waals surface area contributed by atoms with Gasteiger partial charge in [-0.2, -0.15) is 0 Å². The summed E-state index contributed by atoms with van der Waals surface area (Å²) in [6, 6.07) is 0. The molecule has 0 aromatic carbocycles. The summed E-state index contributed by atoms with van der Waals surface area (Å²) in [7, 11) is 0. The van der Waals surface area contributed by atoms with Crippen molar-refractivity contribution < 1.29 is 30.0 Å². The SMILES string of the molecule is C1CCCCCCCCCC1.C1CCCCCCCCCC1.C=C(C)C(=O)O.C=C(C)C(=O)O.OCC1(CO)CCCCCCCCCC1. The van der Waals surface area contributed by atoms with Crippen LogP contribution in [-0.2, 0) is 9.59 Å². The first-order chi connectivity index (χ1) is 23.6. The third-order valence-electron chi connectivity index (χ3n) is 10.1. The number of rotatable bonds is 4. The van der Waals surface area contributed by atoms with Gasteiger partial charge in [0, 0.05) is 16.6 Å². The van der Waals surface area contributed by atoms with E-state index >= 15 is 0 Å².